The van der Waals surface area contributed by atoms with Crippen molar-refractivity contribution in [2.75, 3.05) is 0 Å². The summed E-state index contributed by atoms with van der Waals surface area (Å²) in [7, 11) is 0. The van der Waals surface area contributed by atoms with Gasteiger partial charge in [0.1, 0.15) is 11.5 Å². The van der Waals surface area contributed by atoms with E-state index in [9.17, 15) is 0 Å². The highest BCUT2D eigenvalue weighted by molar-refractivity contribution is 6.22. The molecule has 0 radical (unpaired) electrons. The molecule has 2 aromatic rings. The van der Waals surface area contributed by atoms with Gasteiger partial charge in [0.05, 0.1) is 5.38 Å². The fourth-order valence-electron chi connectivity index (χ4n) is 2.66. The number of benzene rings is 1. The number of hydrogen-bond donors (Lipinski definition) is 0. The van der Waals surface area contributed by atoms with E-state index in [2.05, 4.69) is 52.0 Å². The van der Waals surface area contributed by atoms with Crippen molar-refractivity contribution in [1.82, 2.24) is 0 Å². The predicted octanol–water partition coefficient (Wildman–Crippen LogP) is 6.22. The van der Waals surface area contributed by atoms with E-state index in [1.807, 2.05) is 13.8 Å². The van der Waals surface area contributed by atoms with Gasteiger partial charge in [0.2, 0.25) is 0 Å². The second-order valence-corrected chi connectivity index (χ2v) is 6.91. The summed E-state index contributed by atoms with van der Waals surface area (Å²) in [6.45, 7) is 12.8. The standard InChI is InChI=1S/C19H25ClO/c1-7-19(5,6)16-10-8-15(9-11-16)18(20)17-12(2)13(3)21-14(17)4/h8-11,18H,7H2,1-6H3. The molecular weight excluding hydrogens is 280 g/mol. The van der Waals surface area contributed by atoms with Crippen molar-refractivity contribution in [2.45, 2.75) is 58.8 Å². The maximum Gasteiger partial charge on any atom is 0.106 e. The van der Waals surface area contributed by atoms with Gasteiger partial charge in [-0.3, -0.25) is 0 Å². The number of aryl methyl sites for hydroxylation is 2. The van der Waals surface area contributed by atoms with Crippen LogP contribution in [0.15, 0.2) is 28.7 Å². The molecule has 0 bridgehead atoms. The molecule has 114 valence electrons. The second-order valence-electron chi connectivity index (χ2n) is 6.48. The van der Waals surface area contributed by atoms with Crippen LogP contribution in [0.5, 0.6) is 0 Å². The van der Waals surface area contributed by atoms with Crippen molar-refractivity contribution in [3.63, 3.8) is 0 Å². The Morgan fingerprint density at radius 2 is 1.62 bits per heavy atom. The first-order valence-corrected chi connectivity index (χ1v) is 8.02. The molecule has 21 heavy (non-hydrogen) atoms. The summed E-state index contributed by atoms with van der Waals surface area (Å²) in [5.41, 5.74) is 4.95. The predicted molar refractivity (Wildman–Crippen MR) is 90.4 cm³/mol. The van der Waals surface area contributed by atoms with Crippen molar-refractivity contribution >= 4 is 11.6 Å². The lowest BCUT2D eigenvalue weighted by Gasteiger charge is -2.24. The van der Waals surface area contributed by atoms with Gasteiger partial charge < -0.3 is 4.42 Å². The Morgan fingerprint density at radius 3 is 2.05 bits per heavy atom. The molecule has 0 amide bonds. The highest BCUT2D eigenvalue weighted by atomic mass is 35.5. The van der Waals surface area contributed by atoms with E-state index < -0.39 is 0 Å². The van der Waals surface area contributed by atoms with Gasteiger partial charge in [-0.1, -0.05) is 45.0 Å². The molecule has 0 N–H and O–H groups in total. The minimum Gasteiger partial charge on any atom is -0.466 e. The minimum absolute atomic E-state index is 0.152. The van der Waals surface area contributed by atoms with E-state index in [0.717, 1.165) is 34.6 Å². The van der Waals surface area contributed by atoms with Gasteiger partial charge in [-0.15, -0.1) is 11.6 Å². The molecule has 1 aromatic carbocycles. The smallest absolute Gasteiger partial charge is 0.106 e. The van der Waals surface area contributed by atoms with Gasteiger partial charge >= 0.3 is 0 Å². The number of furan rings is 1. The second kappa shape index (κ2) is 5.88. The summed E-state index contributed by atoms with van der Waals surface area (Å²) in [5, 5.41) is -0.152. The fraction of sp³-hybridized carbons (Fsp3) is 0.474. The summed E-state index contributed by atoms with van der Waals surface area (Å²) in [4.78, 5) is 0. The third-order valence-corrected chi connectivity index (χ3v) is 5.21. The van der Waals surface area contributed by atoms with E-state index in [1.165, 1.54) is 5.56 Å². The van der Waals surface area contributed by atoms with Crippen molar-refractivity contribution in [2.24, 2.45) is 0 Å². The van der Waals surface area contributed by atoms with Crippen LogP contribution in [0.4, 0.5) is 0 Å². The Hall–Kier alpha value is -1.21. The molecule has 2 heteroatoms. The van der Waals surface area contributed by atoms with Gasteiger partial charge in [-0.05, 0) is 49.3 Å². The fourth-order valence-corrected chi connectivity index (χ4v) is 3.12. The van der Waals surface area contributed by atoms with E-state index in [-0.39, 0.29) is 10.8 Å². The van der Waals surface area contributed by atoms with Crippen LogP contribution in [-0.2, 0) is 5.41 Å². The van der Waals surface area contributed by atoms with Crippen LogP contribution in [0, 0.1) is 20.8 Å². The zero-order valence-electron chi connectivity index (χ0n) is 13.9. The Morgan fingerprint density at radius 1 is 1.05 bits per heavy atom. The molecule has 0 aliphatic rings. The van der Waals surface area contributed by atoms with Gasteiger partial charge in [-0.2, -0.15) is 0 Å². The Kier molecular flexibility index (Phi) is 4.53. The molecule has 2 rings (SSSR count). The van der Waals surface area contributed by atoms with E-state index in [0.29, 0.717) is 0 Å². The zero-order valence-corrected chi connectivity index (χ0v) is 14.6. The van der Waals surface area contributed by atoms with Crippen LogP contribution in [0.3, 0.4) is 0 Å². The van der Waals surface area contributed by atoms with Gasteiger partial charge in [0.25, 0.3) is 0 Å². The molecule has 0 saturated carbocycles. The molecule has 0 aliphatic heterocycles. The summed E-state index contributed by atoms with van der Waals surface area (Å²) < 4.78 is 5.70. The van der Waals surface area contributed by atoms with Crippen LogP contribution < -0.4 is 0 Å². The number of rotatable bonds is 4. The lowest BCUT2D eigenvalue weighted by molar-refractivity contribution is 0.500. The summed E-state index contributed by atoms with van der Waals surface area (Å²) >= 11 is 6.70. The Labute approximate surface area is 133 Å². The molecular formula is C19H25ClO. The molecule has 1 heterocycles. The molecule has 0 saturated heterocycles. The van der Waals surface area contributed by atoms with Crippen molar-refractivity contribution in [3.8, 4) is 0 Å². The molecule has 1 aromatic heterocycles. The Balaban J connectivity index is 2.34. The molecule has 1 nitrogen and oxygen atoms in total. The average Bonchev–Trinajstić information content (AvgIpc) is 2.71. The molecule has 1 unspecified atom stereocenters. The monoisotopic (exact) mass is 304 g/mol. The molecule has 0 fully saturated rings. The number of hydrogen-bond acceptors (Lipinski definition) is 1. The lowest BCUT2D eigenvalue weighted by Crippen LogP contribution is -2.15. The maximum absolute atomic E-state index is 6.70. The first kappa shape index (κ1) is 16.2. The highest BCUT2D eigenvalue weighted by Crippen LogP contribution is 2.37. The first-order chi connectivity index (χ1) is 9.77. The van der Waals surface area contributed by atoms with Crippen LogP contribution >= 0.6 is 11.6 Å². The normalized spacial score (nSPS) is 13.5. The van der Waals surface area contributed by atoms with Gasteiger partial charge in [0.15, 0.2) is 0 Å². The minimum atomic E-state index is -0.152. The SMILES string of the molecule is CCC(C)(C)c1ccc(C(Cl)c2c(C)oc(C)c2C)cc1. The first-order valence-electron chi connectivity index (χ1n) is 7.59. The third kappa shape index (κ3) is 3.03. The van der Waals surface area contributed by atoms with Crippen molar-refractivity contribution < 1.29 is 4.42 Å². The van der Waals surface area contributed by atoms with E-state index in [1.54, 1.807) is 0 Å². The quantitative estimate of drug-likeness (QED) is 0.611. The van der Waals surface area contributed by atoms with Crippen LogP contribution in [-0.4, -0.2) is 0 Å². The summed E-state index contributed by atoms with van der Waals surface area (Å²) in [6, 6.07) is 8.69. The van der Waals surface area contributed by atoms with E-state index >= 15 is 0 Å². The molecule has 0 spiro atoms. The van der Waals surface area contributed by atoms with Gasteiger partial charge in [0, 0.05) is 5.56 Å². The molecule has 1 atom stereocenters. The van der Waals surface area contributed by atoms with Crippen LogP contribution in [0.25, 0.3) is 0 Å². The van der Waals surface area contributed by atoms with Crippen molar-refractivity contribution in [3.05, 3.63) is 58.0 Å². The van der Waals surface area contributed by atoms with Crippen LogP contribution in [0.1, 0.15) is 66.3 Å². The number of alkyl halides is 1. The van der Waals surface area contributed by atoms with Crippen molar-refractivity contribution in [1.29, 1.82) is 0 Å². The van der Waals surface area contributed by atoms with Gasteiger partial charge in [-0.25, -0.2) is 0 Å². The topological polar surface area (TPSA) is 13.1 Å². The third-order valence-electron chi connectivity index (χ3n) is 4.74. The lowest BCUT2D eigenvalue weighted by atomic mass is 9.82. The summed E-state index contributed by atoms with van der Waals surface area (Å²) in [5.74, 6) is 1.87. The van der Waals surface area contributed by atoms with Crippen LogP contribution in [0.2, 0.25) is 0 Å². The van der Waals surface area contributed by atoms with E-state index in [4.69, 9.17) is 16.0 Å². The molecule has 0 aliphatic carbocycles. The number of halogens is 1. The largest absolute Gasteiger partial charge is 0.466 e. The zero-order chi connectivity index (χ0) is 15.8. The summed E-state index contributed by atoms with van der Waals surface area (Å²) in [6.07, 6.45) is 1.12. The Bertz CT molecular complexity index is 620. The average molecular weight is 305 g/mol. The maximum atomic E-state index is 6.70. The highest BCUT2D eigenvalue weighted by Gasteiger charge is 2.22.